The highest BCUT2D eigenvalue weighted by molar-refractivity contribution is 7.92. The average Bonchev–Trinajstić information content (AvgIpc) is 3.27. The fourth-order valence-electron chi connectivity index (χ4n) is 3.99. The van der Waals surface area contributed by atoms with Crippen LogP contribution in [0.2, 0.25) is 0 Å². The first-order chi connectivity index (χ1) is 15.2. The van der Waals surface area contributed by atoms with E-state index in [-0.39, 0.29) is 16.5 Å². The van der Waals surface area contributed by atoms with Gasteiger partial charge in [-0.05, 0) is 24.6 Å². The van der Waals surface area contributed by atoms with E-state index < -0.39 is 21.5 Å². The molecule has 1 N–H and O–H groups in total. The largest absolute Gasteiger partial charge is 0.379 e. The van der Waals surface area contributed by atoms with Gasteiger partial charge in [0.05, 0.1) is 40.8 Å². The molecule has 32 heavy (non-hydrogen) atoms. The third-order valence-electron chi connectivity index (χ3n) is 5.81. The SMILES string of the molecule is CN1C(=O)CS(=O)(=O)c2cc(-c3cc4ncn(C)c(=O)c4c(N[C@@H]4CCOC4)n3)ccc21. The number of aryl methyl sites for hydroxylation is 1. The number of ether oxygens (including phenoxy) is 1. The maximum Gasteiger partial charge on any atom is 0.264 e. The summed E-state index contributed by atoms with van der Waals surface area (Å²) in [6.07, 6.45) is 2.22. The van der Waals surface area contributed by atoms with Crippen molar-refractivity contribution in [1.29, 1.82) is 0 Å². The van der Waals surface area contributed by atoms with Crippen LogP contribution >= 0.6 is 0 Å². The van der Waals surface area contributed by atoms with Crippen LogP contribution in [0.1, 0.15) is 6.42 Å². The molecule has 0 saturated carbocycles. The summed E-state index contributed by atoms with van der Waals surface area (Å²) in [6.45, 7) is 1.13. The zero-order valence-electron chi connectivity index (χ0n) is 17.5. The van der Waals surface area contributed by atoms with Crippen LogP contribution < -0.4 is 15.8 Å². The monoisotopic (exact) mass is 455 g/mol. The molecule has 1 aromatic carbocycles. The van der Waals surface area contributed by atoms with Crippen molar-refractivity contribution < 1.29 is 17.9 Å². The summed E-state index contributed by atoms with van der Waals surface area (Å²) in [5, 5.41) is 3.66. The van der Waals surface area contributed by atoms with Crippen LogP contribution in [-0.4, -0.2) is 60.9 Å². The molecule has 0 unspecified atom stereocenters. The molecule has 1 fully saturated rings. The van der Waals surface area contributed by atoms with Crippen LogP contribution in [-0.2, 0) is 26.4 Å². The first kappa shape index (κ1) is 20.6. The smallest absolute Gasteiger partial charge is 0.264 e. The number of rotatable bonds is 3. The lowest BCUT2D eigenvalue weighted by atomic mass is 10.1. The Bertz CT molecular complexity index is 1430. The Hall–Kier alpha value is -3.31. The average molecular weight is 455 g/mol. The Morgan fingerprint density at radius 1 is 1.19 bits per heavy atom. The molecule has 0 spiro atoms. The fourth-order valence-corrected chi connectivity index (χ4v) is 5.49. The van der Waals surface area contributed by atoms with Gasteiger partial charge in [-0.3, -0.25) is 9.59 Å². The Morgan fingerprint density at radius 2 is 2.00 bits per heavy atom. The minimum Gasteiger partial charge on any atom is -0.379 e. The molecule has 1 amide bonds. The van der Waals surface area contributed by atoms with Crippen molar-refractivity contribution in [2.75, 3.05) is 36.2 Å². The highest BCUT2D eigenvalue weighted by Crippen LogP contribution is 2.35. The second-order valence-corrected chi connectivity index (χ2v) is 9.97. The van der Waals surface area contributed by atoms with Gasteiger partial charge < -0.3 is 19.5 Å². The van der Waals surface area contributed by atoms with Crippen molar-refractivity contribution >= 4 is 38.2 Å². The summed E-state index contributed by atoms with van der Waals surface area (Å²) in [5.74, 6) is -0.661. The number of aromatic nitrogens is 3. The van der Waals surface area contributed by atoms with Gasteiger partial charge in [0.25, 0.3) is 5.56 Å². The molecule has 0 aliphatic carbocycles. The quantitative estimate of drug-likeness (QED) is 0.619. The second kappa shape index (κ2) is 7.38. The number of nitrogens with one attached hydrogen (secondary N) is 1. The number of pyridine rings is 1. The van der Waals surface area contributed by atoms with Crippen LogP contribution in [0.4, 0.5) is 11.5 Å². The van der Waals surface area contributed by atoms with Crippen molar-refractivity contribution in [3.63, 3.8) is 0 Å². The van der Waals surface area contributed by atoms with E-state index in [2.05, 4.69) is 15.3 Å². The van der Waals surface area contributed by atoms with Gasteiger partial charge in [-0.1, -0.05) is 6.07 Å². The van der Waals surface area contributed by atoms with Gasteiger partial charge in [0.15, 0.2) is 9.84 Å². The van der Waals surface area contributed by atoms with Gasteiger partial charge in [0.2, 0.25) is 5.91 Å². The zero-order valence-corrected chi connectivity index (χ0v) is 18.3. The lowest BCUT2D eigenvalue weighted by molar-refractivity contribution is -0.116. The number of fused-ring (bicyclic) bond motifs is 2. The topological polar surface area (TPSA) is 123 Å². The number of hydrogen-bond acceptors (Lipinski definition) is 8. The fraction of sp³-hybridized carbons (Fsp3) is 0.333. The summed E-state index contributed by atoms with van der Waals surface area (Å²) < 4.78 is 32.1. The Kier molecular flexibility index (Phi) is 4.75. The van der Waals surface area contributed by atoms with Crippen LogP contribution in [0.15, 0.2) is 40.3 Å². The molecular weight excluding hydrogens is 434 g/mol. The number of carbonyl (C=O) groups is 1. The van der Waals surface area contributed by atoms with Crippen LogP contribution in [0, 0.1) is 0 Å². The van der Waals surface area contributed by atoms with Gasteiger partial charge in [-0.25, -0.2) is 18.4 Å². The van der Waals surface area contributed by atoms with E-state index in [9.17, 15) is 18.0 Å². The first-order valence-electron chi connectivity index (χ1n) is 10.1. The van der Waals surface area contributed by atoms with Crippen molar-refractivity contribution in [1.82, 2.24) is 14.5 Å². The van der Waals surface area contributed by atoms with Gasteiger partial charge in [-0.2, -0.15) is 0 Å². The van der Waals surface area contributed by atoms with E-state index in [1.54, 1.807) is 32.3 Å². The number of amides is 1. The molecule has 0 radical (unpaired) electrons. The predicted octanol–water partition coefficient (Wildman–Crippen LogP) is 0.946. The minimum atomic E-state index is -3.76. The summed E-state index contributed by atoms with van der Waals surface area (Å²) in [6, 6.07) is 6.50. The summed E-state index contributed by atoms with van der Waals surface area (Å²) in [4.78, 5) is 35.3. The summed E-state index contributed by atoms with van der Waals surface area (Å²) in [5.41, 5.74) is 1.57. The van der Waals surface area contributed by atoms with Gasteiger partial charge in [0.1, 0.15) is 17.0 Å². The molecule has 5 rings (SSSR count). The Labute approximate surface area is 183 Å². The molecule has 3 aromatic rings. The number of sulfone groups is 1. The first-order valence-corrected chi connectivity index (χ1v) is 11.7. The normalized spacial score (nSPS) is 19.9. The maximum absolute atomic E-state index is 12.8. The molecule has 2 aliphatic heterocycles. The van der Waals surface area contributed by atoms with E-state index >= 15 is 0 Å². The molecule has 11 heteroatoms. The van der Waals surface area contributed by atoms with E-state index in [1.165, 1.54) is 21.9 Å². The summed E-state index contributed by atoms with van der Waals surface area (Å²) >= 11 is 0. The minimum absolute atomic E-state index is 0.00874. The van der Waals surface area contributed by atoms with E-state index in [1.807, 2.05) is 0 Å². The maximum atomic E-state index is 12.8. The Morgan fingerprint density at radius 3 is 2.75 bits per heavy atom. The van der Waals surface area contributed by atoms with Gasteiger partial charge >= 0.3 is 0 Å². The second-order valence-electron chi connectivity index (χ2n) is 8.01. The highest BCUT2D eigenvalue weighted by Gasteiger charge is 2.33. The number of nitrogens with zero attached hydrogens (tertiary/aromatic N) is 4. The van der Waals surface area contributed by atoms with Crippen molar-refractivity contribution in [2.24, 2.45) is 7.05 Å². The van der Waals surface area contributed by atoms with Crippen LogP contribution in [0.25, 0.3) is 22.2 Å². The lowest BCUT2D eigenvalue weighted by Gasteiger charge is -2.26. The van der Waals surface area contributed by atoms with Crippen molar-refractivity contribution in [2.45, 2.75) is 17.4 Å². The highest BCUT2D eigenvalue weighted by atomic mass is 32.2. The predicted molar refractivity (Wildman–Crippen MR) is 119 cm³/mol. The van der Waals surface area contributed by atoms with E-state index in [0.717, 1.165) is 6.42 Å². The number of carbonyl (C=O) groups excluding carboxylic acids is 1. The lowest BCUT2D eigenvalue weighted by Crippen LogP contribution is -2.37. The molecule has 1 atom stereocenters. The third kappa shape index (κ3) is 3.33. The number of hydrogen-bond donors (Lipinski definition) is 1. The van der Waals surface area contributed by atoms with Crippen LogP contribution in [0.3, 0.4) is 0 Å². The molecule has 2 aliphatic rings. The summed E-state index contributed by atoms with van der Waals surface area (Å²) in [7, 11) is -0.585. The third-order valence-corrected chi connectivity index (χ3v) is 7.44. The van der Waals surface area contributed by atoms with E-state index in [0.29, 0.717) is 46.9 Å². The molecule has 10 nitrogen and oxygen atoms in total. The molecule has 1 saturated heterocycles. The molecular formula is C21H21N5O5S. The van der Waals surface area contributed by atoms with Crippen LogP contribution in [0.5, 0.6) is 0 Å². The zero-order chi connectivity index (χ0) is 22.6. The molecule has 2 aromatic heterocycles. The van der Waals surface area contributed by atoms with E-state index in [4.69, 9.17) is 4.74 Å². The molecule has 4 heterocycles. The number of benzene rings is 1. The van der Waals surface area contributed by atoms with Crippen molar-refractivity contribution in [3.8, 4) is 11.3 Å². The standard InChI is InChI=1S/C21H21N5O5S/c1-25-11-22-15-8-14(24-20(19(15)21(25)28)23-13-5-6-31-9-13)12-3-4-16-17(7-12)32(29,30)10-18(27)26(16)2/h3-4,7-8,11,13H,5-6,9-10H2,1-2H3,(H,23,24)/t13-/m1/s1. The molecule has 0 bridgehead atoms. The molecule has 166 valence electrons. The van der Waals surface area contributed by atoms with Gasteiger partial charge in [-0.15, -0.1) is 0 Å². The van der Waals surface area contributed by atoms with Gasteiger partial charge in [0, 0.05) is 26.3 Å². The number of anilines is 2. The van der Waals surface area contributed by atoms with Crippen molar-refractivity contribution in [3.05, 3.63) is 40.9 Å². The Balaban J connectivity index is 1.69.